The number of hydrogen-bond donors (Lipinski definition) is 0. The summed E-state index contributed by atoms with van der Waals surface area (Å²) in [5, 5.41) is 0. The molecule has 0 radical (unpaired) electrons. The third-order valence-corrected chi connectivity index (χ3v) is 7.11. The van der Waals surface area contributed by atoms with E-state index in [1.54, 1.807) is 36.7 Å². The number of benzene rings is 2. The Morgan fingerprint density at radius 2 is 1.83 bits per heavy atom. The number of anilines is 2. The summed E-state index contributed by atoms with van der Waals surface area (Å²) in [7, 11) is -1.85. The van der Waals surface area contributed by atoms with Gasteiger partial charge in [0.05, 0.1) is 33.5 Å². The highest BCUT2D eigenvalue weighted by atomic mass is 79.9. The minimum Gasteiger partial charge on any atom is -0.456 e. The molecule has 0 saturated carbocycles. The molecule has 0 aliphatic carbocycles. The van der Waals surface area contributed by atoms with Crippen LogP contribution in [-0.4, -0.2) is 33.5 Å². The lowest BCUT2D eigenvalue weighted by atomic mass is 10.2. The molecule has 1 aromatic heterocycles. The van der Waals surface area contributed by atoms with Crippen molar-refractivity contribution in [1.82, 2.24) is 4.98 Å². The second-order valence-corrected chi connectivity index (χ2v) is 9.23. The highest BCUT2D eigenvalue weighted by Crippen LogP contribution is 2.36. The Hall–Kier alpha value is -2.65. The molecule has 0 bridgehead atoms. The molecule has 0 unspecified atom stereocenters. The van der Waals surface area contributed by atoms with Gasteiger partial charge in [-0.3, -0.25) is 9.29 Å². The molecule has 3 aromatic rings. The summed E-state index contributed by atoms with van der Waals surface area (Å²) < 4.78 is 47.5. The van der Waals surface area contributed by atoms with Gasteiger partial charge in [0, 0.05) is 25.9 Å². The van der Waals surface area contributed by atoms with Crippen LogP contribution in [0.4, 0.5) is 15.8 Å². The third-order valence-electron chi connectivity index (χ3n) is 4.63. The second-order valence-electron chi connectivity index (χ2n) is 6.51. The molecule has 0 N–H and O–H groups in total. The van der Waals surface area contributed by atoms with Gasteiger partial charge in [-0.15, -0.1) is 0 Å². The number of hydrogen-bond acceptors (Lipinski definition) is 5. The van der Waals surface area contributed by atoms with E-state index in [0.29, 0.717) is 34.7 Å². The lowest BCUT2D eigenvalue weighted by molar-refractivity contribution is 0.473. The van der Waals surface area contributed by atoms with Crippen molar-refractivity contribution in [3.63, 3.8) is 0 Å². The molecule has 4 rings (SSSR count). The first-order chi connectivity index (χ1) is 13.9. The molecular formula is C20H17BrFN3O3S. The van der Waals surface area contributed by atoms with Crippen LogP contribution in [0.25, 0.3) is 0 Å². The van der Waals surface area contributed by atoms with Gasteiger partial charge >= 0.3 is 0 Å². The lowest BCUT2D eigenvalue weighted by Crippen LogP contribution is -2.42. The fraction of sp³-hybridized carbons (Fsp3) is 0.150. The third kappa shape index (κ3) is 3.79. The van der Waals surface area contributed by atoms with Gasteiger partial charge in [-0.2, -0.15) is 0 Å². The zero-order valence-corrected chi connectivity index (χ0v) is 17.8. The predicted molar refractivity (Wildman–Crippen MR) is 113 cm³/mol. The number of likely N-dealkylation sites (N-methyl/N-ethyl adjacent to an activating group) is 1. The minimum atomic E-state index is -3.76. The van der Waals surface area contributed by atoms with Crippen molar-refractivity contribution in [3.8, 4) is 11.5 Å². The van der Waals surface area contributed by atoms with Crippen molar-refractivity contribution in [2.45, 2.75) is 4.90 Å². The van der Waals surface area contributed by atoms with Gasteiger partial charge in [-0.25, -0.2) is 12.8 Å². The maximum absolute atomic E-state index is 13.4. The van der Waals surface area contributed by atoms with Crippen LogP contribution in [0, 0.1) is 5.82 Å². The molecule has 0 amide bonds. The van der Waals surface area contributed by atoms with Crippen LogP contribution in [0.2, 0.25) is 0 Å². The molecule has 2 heterocycles. The van der Waals surface area contributed by atoms with Crippen molar-refractivity contribution in [2.75, 3.05) is 29.3 Å². The quantitative estimate of drug-likeness (QED) is 0.556. The van der Waals surface area contributed by atoms with Gasteiger partial charge in [-0.1, -0.05) is 0 Å². The molecule has 0 saturated heterocycles. The highest BCUT2D eigenvalue weighted by Gasteiger charge is 2.31. The van der Waals surface area contributed by atoms with E-state index in [-0.39, 0.29) is 4.90 Å². The van der Waals surface area contributed by atoms with E-state index >= 15 is 0 Å². The summed E-state index contributed by atoms with van der Waals surface area (Å²) >= 11 is 3.30. The highest BCUT2D eigenvalue weighted by molar-refractivity contribution is 9.10. The molecule has 29 heavy (non-hydrogen) atoms. The molecule has 1 aliphatic heterocycles. The number of ether oxygens (including phenoxy) is 1. The van der Waals surface area contributed by atoms with Gasteiger partial charge in [0.1, 0.15) is 17.3 Å². The van der Waals surface area contributed by atoms with Gasteiger partial charge in [0.2, 0.25) is 0 Å². The van der Waals surface area contributed by atoms with Gasteiger partial charge in [-0.05, 0) is 58.4 Å². The Labute approximate surface area is 176 Å². The summed E-state index contributed by atoms with van der Waals surface area (Å²) in [6.07, 6.45) is 3.20. The number of halogens is 2. The van der Waals surface area contributed by atoms with Crippen molar-refractivity contribution < 1.29 is 17.5 Å². The van der Waals surface area contributed by atoms with Gasteiger partial charge < -0.3 is 9.64 Å². The van der Waals surface area contributed by atoms with E-state index in [9.17, 15) is 12.8 Å². The molecule has 2 aromatic carbocycles. The van der Waals surface area contributed by atoms with E-state index in [1.807, 2.05) is 11.9 Å². The molecule has 0 fully saturated rings. The van der Waals surface area contributed by atoms with Crippen LogP contribution in [0.5, 0.6) is 11.5 Å². The molecule has 6 nitrogen and oxygen atoms in total. The summed E-state index contributed by atoms with van der Waals surface area (Å²) in [5.41, 5.74) is 1.36. The van der Waals surface area contributed by atoms with Crippen LogP contribution in [-0.2, 0) is 10.0 Å². The maximum atomic E-state index is 13.4. The Bertz CT molecular complexity index is 1160. The van der Waals surface area contributed by atoms with Crippen molar-refractivity contribution >= 4 is 37.3 Å². The fourth-order valence-electron chi connectivity index (χ4n) is 3.11. The number of sulfonamides is 1. The SMILES string of the molecule is CN1CCN(S(=O)(=O)c2ccc(Oc3cc(F)ccc3Br)cc2)c2cnccc21. The number of fused-ring (bicyclic) bond motifs is 1. The monoisotopic (exact) mass is 477 g/mol. The number of pyridine rings is 1. The van der Waals surface area contributed by atoms with E-state index in [0.717, 1.165) is 5.69 Å². The first kappa shape index (κ1) is 19.7. The Kier molecular flexibility index (Phi) is 5.18. The van der Waals surface area contributed by atoms with E-state index in [4.69, 9.17) is 4.74 Å². The number of nitrogens with zero attached hydrogens (tertiary/aromatic N) is 3. The molecule has 0 atom stereocenters. The normalized spacial score (nSPS) is 13.9. The van der Waals surface area contributed by atoms with Crippen LogP contribution in [0.15, 0.2) is 70.3 Å². The summed E-state index contributed by atoms with van der Waals surface area (Å²) in [5.74, 6) is 0.278. The van der Waals surface area contributed by atoms with Gasteiger partial charge in [0.25, 0.3) is 10.0 Å². The molecule has 150 valence electrons. The van der Waals surface area contributed by atoms with Crippen LogP contribution in [0.1, 0.15) is 0 Å². The first-order valence-corrected chi connectivity index (χ1v) is 11.0. The Balaban J connectivity index is 1.62. The zero-order chi connectivity index (χ0) is 20.6. The first-order valence-electron chi connectivity index (χ1n) is 8.77. The van der Waals surface area contributed by atoms with Crippen LogP contribution < -0.4 is 13.9 Å². The topological polar surface area (TPSA) is 62.7 Å². The Morgan fingerprint density at radius 1 is 1.07 bits per heavy atom. The second kappa shape index (κ2) is 7.64. The number of aromatic nitrogens is 1. The van der Waals surface area contributed by atoms with Crippen molar-refractivity contribution in [1.29, 1.82) is 0 Å². The smallest absolute Gasteiger partial charge is 0.264 e. The average molecular weight is 478 g/mol. The summed E-state index contributed by atoms with van der Waals surface area (Å²) in [4.78, 5) is 6.22. The van der Waals surface area contributed by atoms with Crippen molar-refractivity contribution in [3.05, 3.63) is 71.2 Å². The fourth-order valence-corrected chi connectivity index (χ4v) is 4.90. The zero-order valence-electron chi connectivity index (χ0n) is 15.4. The van der Waals surface area contributed by atoms with Crippen LogP contribution in [0.3, 0.4) is 0 Å². The molecule has 1 aliphatic rings. The van der Waals surface area contributed by atoms with Crippen LogP contribution >= 0.6 is 15.9 Å². The van der Waals surface area contributed by atoms with Crippen molar-refractivity contribution in [2.24, 2.45) is 0 Å². The molecule has 9 heteroatoms. The van der Waals surface area contributed by atoms with E-state index in [2.05, 4.69) is 20.9 Å². The summed E-state index contributed by atoms with van der Waals surface area (Å²) in [6, 6.07) is 12.0. The van der Waals surface area contributed by atoms with E-state index in [1.165, 1.54) is 28.6 Å². The largest absolute Gasteiger partial charge is 0.456 e. The van der Waals surface area contributed by atoms with Gasteiger partial charge in [0.15, 0.2) is 0 Å². The minimum absolute atomic E-state index is 0.141. The number of rotatable bonds is 4. The average Bonchev–Trinajstić information content (AvgIpc) is 2.71. The predicted octanol–water partition coefficient (Wildman–Crippen LogP) is 4.42. The van der Waals surface area contributed by atoms with E-state index < -0.39 is 15.8 Å². The lowest BCUT2D eigenvalue weighted by Gasteiger charge is -2.35. The maximum Gasteiger partial charge on any atom is 0.264 e. The summed E-state index contributed by atoms with van der Waals surface area (Å²) in [6.45, 7) is 0.900. The Morgan fingerprint density at radius 3 is 2.59 bits per heavy atom. The molecular weight excluding hydrogens is 461 g/mol. The molecule has 0 spiro atoms. The standard InChI is InChI=1S/C20H17BrFN3O3S/c1-24-10-11-25(19-13-23-9-8-18(19)24)29(26,27)16-5-3-15(4-6-16)28-20-12-14(22)2-7-17(20)21/h2-9,12-13H,10-11H2,1H3.